The van der Waals surface area contributed by atoms with Crippen LogP contribution in [0.4, 0.5) is 17.1 Å². The third-order valence-electron chi connectivity index (χ3n) is 4.28. The normalized spacial score (nSPS) is 10.8. The lowest BCUT2D eigenvalue weighted by Gasteiger charge is -2.12. The fourth-order valence-electron chi connectivity index (χ4n) is 2.89. The Hall–Kier alpha value is -3.47. The second-order valence-corrected chi connectivity index (χ2v) is 6.19. The Morgan fingerprint density at radius 2 is 1.88 bits per heavy atom. The summed E-state index contributed by atoms with van der Waals surface area (Å²) in [6.07, 6.45) is 1.81. The summed E-state index contributed by atoms with van der Waals surface area (Å²) in [6, 6.07) is 21.9. The van der Waals surface area contributed by atoms with Crippen LogP contribution in [-0.4, -0.2) is 9.78 Å². The Labute approximate surface area is 152 Å². The van der Waals surface area contributed by atoms with Gasteiger partial charge in [0.25, 0.3) is 0 Å². The van der Waals surface area contributed by atoms with Crippen molar-refractivity contribution in [3.63, 3.8) is 0 Å². The number of nitrogen functional groups attached to an aromatic ring is 1. The molecule has 3 aromatic carbocycles. The van der Waals surface area contributed by atoms with Gasteiger partial charge in [-0.2, -0.15) is 5.10 Å². The first-order valence-electron chi connectivity index (χ1n) is 8.44. The van der Waals surface area contributed by atoms with Crippen LogP contribution in [0.1, 0.15) is 5.56 Å². The van der Waals surface area contributed by atoms with E-state index in [1.807, 2.05) is 84.7 Å². The first kappa shape index (κ1) is 16.0. The summed E-state index contributed by atoms with van der Waals surface area (Å²) >= 11 is 0. The Balaban J connectivity index is 1.53. The molecule has 0 aliphatic rings. The molecule has 0 saturated heterocycles. The maximum absolute atomic E-state index is 6.19. The predicted molar refractivity (Wildman–Crippen MR) is 106 cm³/mol. The molecule has 0 radical (unpaired) electrons. The Kier molecular flexibility index (Phi) is 4.19. The third kappa shape index (κ3) is 3.32. The van der Waals surface area contributed by atoms with Gasteiger partial charge >= 0.3 is 0 Å². The highest BCUT2D eigenvalue weighted by molar-refractivity contribution is 5.90. The molecule has 130 valence electrons. The predicted octanol–water partition coefficient (Wildman–Crippen LogP) is 4.48. The first-order valence-corrected chi connectivity index (χ1v) is 8.44. The minimum Gasteiger partial charge on any atom is -0.489 e. The number of fused-ring (bicyclic) bond motifs is 1. The van der Waals surface area contributed by atoms with Crippen LogP contribution >= 0.6 is 0 Å². The number of nitrogens with one attached hydrogen (secondary N) is 1. The molecule has 26 heavy (non-hydrogen) atoms. The summed E-state index contributed by atoms with van der Waals surface area (Å²) in [7, 11) is 1.92. The van der Waals surface area contributed by atoms with Crippen LogP contribution in [0.3, 0.4) is 0 Å². The van der Waals surface area contributed by atoms with Gasteiger partial charge < -0.3 is 15.8 Å². The largest absolute Gasteiger partial charge is 0.489 e. The molecular formula is C21H20N4O. The van der Waals surface area contributed by atoms with Crippen molar-refractivity contribution in [3.05, 3.63) is 78.5 Å². The minimum atomic E-state index is 0.535. The van der Waals surface area contributed by atoms with E-state index in [1.165, 1.54) is 0 Å². The molecule has 5 heteroatoms. The molecule has 1 heterocycles. The van der Waals surface area contributed by atoms with E-state index >= 15 is 0 Å². The van der Waals surface area contributed by atoms with E-state index in [-0.39, 0.29) is 0 Å². The van der Waals surface area contributed by atoms with Crippen molar-refractivity contribution in [2.24, 2.45) is 7.05 Å². The second kappa shape index (κ2) is 6.80. The highest BCUT2D eigenvalue weighted by Crippen LogP contribution is 2.29. The van der Waals surface area contributed by atoms with E-state index in [4.69, 9.17) is 10.5 Å². The zero-order chi connectivity index (χ0) is 17.9. The van der Waals surface area contributed by atoms with Crippen molar-refractivity contribution >= 4 is 28.0 Å². The molecule has 4 aromatic rings. The number of aryl methyl sites for hydroxylation is 1. The monoisotopic (exact) mass is 344 g/mol. The second-order valence-electron chi connectivity index (χ2n) is 6.19. The summed E-state index contributed by atoms with van der Waals surface area (Å²) in [4.78, 5) is 0. The molecule has 0 atom stereocenters. The smallest absolute Gasteiger partial charge is 0.121 e. The Morgan fingerprint density at radius 1 is 1.04 bits per heavy atom. The number of rotatable bonds is 5. The lowest BCUT2D eigenvalue weighted by atomic mass is 10.2. The van der Waals surface area contributed by atoms with Gasteiger partial charge in [-0.25, -0.2) is 0 Å². The molecule has 0 aliphatic carbocycles. The highest BCUT2D eigenvalue weighted by Gasteiger charge is 2.07. The minimum absolute atomic E-state index is 0.535. The zero-order valence-electron chi connectivity index (χ0n) is 14.5. The van der Waals surface area contributed by atoms with Crippen molar-refractivity contribution in [1.82, 2.24) is 9.78 Å². The van der Waals surface area contributed by atoms with Crippen molar-refractivity contribution in [1.29, 1.82) is 0 Å². The van der Waals surface area contributed by atoms with E-state index < -0.39 is 0 Å². The lowest BCUT2D eigenvalue weighted by Crippen LogP contribution is -1.99. The van der Waals surface area contributed by atoms with Crippen LogP contribution in [0.25, 0.3) is 10.9 Å². The van der Waals surface area contributed by atoms with Crippen LogP contribution in [0.15, 0.2) is 72.9 Å². The summed E-state index contributed by atoms with van der Waals surface area (Å²) in [6.45, 7) is 0.535. The molecule has 1 aromatic heterocycles. The molecule has 0 saturated carbocycles. The van der Waals surface area contributed by atoms with Crippen LogP contribution < -0.4 is 15.8 Å². The molecule has 0 fully saturated rings. The SMILES string of the molecule is Cn1ncc2cc(N)c(Nc3cccc(OCc4ccccc4)c3)cc21. The van der Waals surface area contributed by atoms with E-state index in [0.29, 0.717) is 12.3 Å². The average Bonchev–Trinajstić information content (AvgIpc) is 3.01. The van der Waals surface area contributed by atoms with Gasteiger partial charge in [-0.05, 0) is 29.8 Å². The third-order valence-corrected chi connectivity index (χ3v) is 4.28. The molecule has 0 spiro atoms. The number of aromatic nitrogens is 2. The highest BCUT2D eigenvalue weighted by atomic mass is 16.5. The molecule has 0 bridgehead atoms. The molecule has 0 aliphatic heterocycles. The molecule has 5 nitrogen and oxygen atoms in total. The van der Waals surface area contributed by atoms with Crippen molar-refractivity contribution in [2.45, 2.75) is 6.61 Å². The van der Waals surface area contributed by atoms with E-state index in [2.05, 4.69) is 10.4 Å². The van der Waals surface area contributed by atoms with Gasteiger partial charge in [0.1, 0.15) is 12.4 Å². The number of benzene rings is 3. The number of ether oxygens (including phenoxy) is 1. The standard InChI is InChI=1S/C21H20N4O/c1-25-21-12-20(19(22)10-16(21)13-23-25)24-17-8-5-9-18(11-17)26-14-15-6-3-2-4-7-15/h2-13,24H,14,22H2,1H3. The van der Waals surface area contributed by atoms with Crippen molar-refractivity contribution in [2.75, 3.05) is 11.1 Å². The van der Waals surface area contributed by atoms with Crippen LogP contribution in [0, 0.1) is 0 Å². The average molecular weight is 344 g/mol. The van der Waals surface area contributed by atoms with Crippen LogP contribution in [0.2, 0.25) is 0 Å². The Morgan fingerprint density at radius 3 is 2.73 bits per heavy atom. The molecule has 3 N–H and O–H groups in total. The van der Waals surface area contributed by atoms with Gasteiger partial charge in [-0.3, -0.25) is 4.68 Å². The fourth-order valence-corrected chi connectivity index (χ4v) is 2.89. The quantitative estimate of drug-likeness (QED) is 0.524. The number of hydrogen-bond acceptors (Lipinski definition) is 4. The summed E-state index contributed by atoms with van der Waals surface area (Å²) in [5.74, 6) is 0.805. The topological polar surface area (TPSA) is 65.1 Å². The number of anilines is 3. The first-order chi connectivity index (χ1) is 12.7. The van der Waals surface area contributed by atoms with Crippen molar-refractivity contribution < 1.29 is 4.74 Å². The molecule has 0 unspecified atom stereocenters. The zero-order valence-corrected chi connectivity index (χ0v) is 14.5. The molecule has 4 rings (SSSR count). The van der Waals surface area contributed by atoms with Gasteiger partial charge in [0.2, 0.25) is 0 Å². The van der Waals surface area contributed by atoms with Gasteiger partial charge in [0.15, 0.2) is 0 Å². The van der Waals surface area contributed by atoms with Gasteiger partial charge in [-0.15, -0.1) is 0 Å². The van der Waals surface area contributed by atoms with Gasteiger partial charge in [-0.1, -0.05) is 36.4 Å². The summed E-state index contributed by atoms with van der Waals surface area (Å²) in [5.41, 5.74) is 10.8. The van der Waals surface area contributed by atoms with Crippen LogP contribution in [0.5, 0.6) is 5.75 Å². The van der Waals surface area contributed by atoms with E-state index in [9.17, 15) is 0 Å². The lowest BCUT2D eigenvalue weighted by molar-refractivity contribution is 0.306. The summed E-state index contributed by atoms with van der Waals surface area (Å²) in [5, 5.41) is 8.66. The van der Waals surface area contributed by atoms with Gasteiger partial charge in [0, 0.05) is 24.2 Å². The number of hydrogen-bond donors (Lipinski definition) is 2. The van der Waals surface area contributed by atoms with Crippen LogP contribution in [-0.2, 0) is 13.7 Å². The summed E-state index contributed by atoms with van der Waals surface area (Å²) < 4.78 is 7.72. The van der Waals surface area contributed by atoms with Gasteiger partial charge in [0.05, 0.1) is 23.1 Å². The maximum atomic E-state index is 6.19. The maximum Gasteiger partial charge on any atom is 0.121 e. The van der Waals surface area contributed by atoms with E-state index in [0.717, 1.165) is 33.6 Å². The molecule has 0 amide bonds. The fraction of sp³-hybridized carbons (Fsp3) is 0.0952. The van der Waals surface area contributed by atoms with Crippen molar-refractivity contribution in [3.8, 4) is 5.75 Å². The molecular weight excluding hydrogens is 324 g/mol. The number of nitrogens with two attached hydrogens (primary N) is 1. The Bertz CT molecular complexity index is 1040. The number of nitrogens with zero attached hydrogens (tertiary/aromatic N) is 2. The van der Waals surface area contributed by atoms with E-state index in [1.54, 1.807) is 0 Å².